The fraction of sp³-hybridized carbons (Fsp3) is 0.304. The number of likely N-dealkylation sites (N-methyl/N-ethyl adjacent to an activating group) is 1. The SMILES string of the molecule is CC(C(=O)NCc1ccccc1F)N(C)CCCc1cc(-c2ccc(F)cc2)n[nH]1. The summed E-state index contributed by atoms with van der Waals surface area (Å²) in [4.78, 5) is 14.3. The summed E-state index contributed by atoms with van der Waals surface area (Å²) >= 11 is 0. The number of carbonyl (C=O) groups is 1. The summed E-state index contributed by atoms with van der Waals surface area (Å²) in [7, 11) is 1.89. The van der Waals surface area contributed by atoms with Crippen molar-refractivity contribution in [1.82, 2.24) is 20.4 Å². The van der Waals surface area contributed by atoms with E-state index in [1.54, 1.807) is 30.3 Å². The molecule has 1 amide bonds. The lowest BCUT2D eigenvalue weighted by molar-refractivity contribution is -0.125. The summed E-state index contributed by atoms with van der Waals surface area (Å²) in [6.07, 6.45) is 1.62. The van der Waals surface area contributed by atoms with Crippen molar-refractivity contribution in [2.45, 2.75) is 32.4 Å². The van der Waals surface area contributed by atoms with Crippen LogP contribution in [-0.4, -0.2) is 40.6 Å². The number of halogens is 2. The van der Waals surface area contributed by atoms with Crippen molar-refractivity contribution < 1.29 is 13.6 Å². The first-order valence-electron chi connectivity index (χ1n) is 9.95. The molecular weight excluding hydrogens is 386 g/mol. The van der Waals surface area contributed by atoms with E-state index in [4.69, 9.17) is 0 Å². The van der Waals surface area contributed by atoms with Gasteiger partial charge in [0.1, 0.15) is 11.6 Å². The predicted octanol–water partition coefficient (Wildman–Crippen LogP) is 3.92. The number of hydrogen-bond donors (Lipinski definition) is 2. The quantitative estimate of drug-likeness (QED) is 0.560. The van der Waals surface area contributed by atoms with Gasteiger partial charge in [0, 0.05) is 23.4 Å². The second kappa shape index (κ2) is 10.1. The van der Waals surface area contributed by atoms with Crippen LogP contribution >= 0.6 is 0 Å². The standard InChI is InChI=1S/C23H26F2N4O/c1-16(23(30)26-15-18-6-3-4-8-21(18)25)29(2)13-5-7-20-14-22(28-27-20)17-9-11-19(24)12-10-17/h3-4,6,8-12,14,16H,5,7,13,15H2,1-2H3,(H,26,30)(H,27,28). The molecule has 0 saturated carbocycles. The number of hydrogen-bond acceptors (Lipinski definition) is 3. The summed E-state index contributed by atoms with van der Waals surface area (Å²) in [5.41, 5.74) is 3.09. The number of aromatic nitrogens is 2. The Kier molecular flexibility index (Phi) is 7.30. The van der Waals surface area contributed by atoms with Crippen molar-refractivity contribution in [2.24, 2.45) is 0 Å². The van der Waals surface area contributed by atoms with Gasteiger partial charge in [-0.05, 0) is 69.8 Å². The van der Waals surface area contributed by atoms with Crippen molar-refractivity contribution in [1.29, 1.82) is 0 Å². The van der Waals surface area contributed by atoms with Crippen molar-refractivity contribution in [3.63, 3.8) is 0 Å². The van der Waals surface area contributed by atoms with E-state index in [0.29, 0.717) is 5.56 Å². The van der Waals surface area contributed by atoms with Gasteiger partial charge in [0.25, 0.3) is 0 Å². The highest BCUT2D eigenvalue weighted by Crippen LogP contribution is 2.18. The molecule has 0 fully saturated rings. The van der Waals surface area contributed by atoms with Crippen molar-refractivity contribution >= 4 is 5.91 Å². The number of nitrogens with one attached hydrogen (secondary N) is 2. The fourth-order valence-electron chi connectivity index (χ4n) is 3.14. The monoisotopic (exact) mass is 412 g/mol. The lowest BCUT2D eigenvalue weighted by Crippen LogP contribution is -2.43. The first-order valence-corrected chi connectivity index (χ1v) is 9.95. The summed E-state index contributed by atoms with van der Waals surface area (Å²) in [5.74, 6) is -0.733. The predicted molar refractivity (Wildman–Crippen MR) is 113 cm³/mol. The molecule has 7 heteroatoms. The zero-order chi connectivity index (χ0) is 21.5. The first kappa shape index (κ1) is 21.6. The molecule has 5 nitrogen and oxygen atoms in total. The molecule has 0 saturated heterocycles. The van der Waals surface area contributed by atoms with Crippen LogP contribution in [0.5, 0.6) is 0 Å². The highest BCUT2D eigenvalue weighted by atomic mass is 19.1. The van der Waals surface area contributed by atoms with Crippen LogP contribution in [0.25, 0.3) is 11.3 Å². The lowest BCUT2D eigenvalue weighted by Gasteiger charge is -2.23. The van der Waals surface area contributed by atoms with Crippen LogP contribution < -0.4 is 5.32 Å². The zero-order valence-corrected chi connectivity index (χ0v) is 17.2. The summed E-state index contributed by atoms with van der Waals surface area (Å²) in [6.45, 7) is 2.72. The van der Waals surface area contributed by atoms with E-state index in [2.05, 4.69) is 15.5 Å². The third kappa shape index (κ3) is 5.73. The Labute approximate surface area is 175 Å². The minimum atomic E-state index is -0.326. The molecule has 0 radical (unpaired) electrons. The molecule has 1 atom stereocenters. The van der Waals surface area contributed by atoms with Crippen LogP contribution in [-0.2, 0) is 17.8 Å². The molecule has 0 spiro atoms. The normalized spacial score (nSPS) is 12.2. The van der Waals surface area contributed by atoms with Gasteiger partial charge in [-0.1, -0.05) is 18.2 Å². The van der Waals surface area contributed by atoms with Gasteiger partial charge in [-0.2, -0.15) is 5.10 Å². The Balaban J connectivity index is 1.43. The van der Waals surface area contributed by atoms with Crippen LogP contribution in [0, 0.1) is 11.6 Å². The molecule has 158 valence electrons. The Bertz CT molecular complexity index is 971. The molecule has 2 aromatic carbocycles. The maximum atomic E-state index is 13.7. The third-order valence-electron chi connectivity index (χ3n) is 5.18. The highest BCUT2D eigenvalue weighted by molar-refractivity contribution is 5.81. The molecule has 30 heavy (non-hydrogen) atoms. The van der Waals surface area contributed by atoms with Crippen LogP contribution in [0.15, 0.2) is 54.6 Å². The van der Waals surface area contributed by atoms with Gasteiger partial charge >= 0.3 is 0 Å². The van der Waals surface area contributed by atoms with E-state index < -0.39 is 0 Å². The summed E-state index contributed by atoms with van der Waals surface area (Å²) < 4.78 is 26.7. The van der Waals surface area contributed by atoms with Gasteiger partial charge in [-0.3, -0.25) is 14.8 Å². The molecule has 3 aromatic rings. The van der Waals surface area contributed by atoms with E-state index in [1.807, 2.05) is 24.9 Å². The number of aromatic amines is 1. The summed E-state index contributed by atoms with van der Waals surface area (Å²) in [5, 5.41) is 10.1. The number of nitrogens with zero attached hydrogens (tertiary/aromatic N) is 2. The average molecular weight is 412 g/mol. The van der Waals surface area contributed by atoms with Crippen LogP contribution in [0.1, 0.15) is 24.6 Å². The van der Waals surface area contributed by atoms with Gasteiger partial charge in [0.05, 0.1) is 11.7 Å². The molecular formula is C23H26F2N4O. The van der Waals surface area contributed by atoms with Crippen molar-refractivity contribution in [3.05, 3.63) is 77.5 Å². The van der Waals surface area contributed by atoms with E-state index in [1.165, 1.54) is 18.2 Å². The largest absolute Gasteiger partial charge is 0.351 e. The minimum absolute atomic E-state index is 0.138. The van der Waals surface area contributed by atoms with Crippen LogP contribution in [0.3, 0.4) is 0 Å². The Morgan fingerprint density at radius 3 is 2.63 bits per heavy atom. The van der Waals surface area contributed by atoms with E-state index in [9.17, 15) is 13.6 Å². The molecule has 0 bridgehead atoms. The number of carbonyl (C=O) groups excluding carboxylic acids is 1. The number of amides is 1. The number of H-pyrrole nitrogens is 1. The van der Waals surface area contributed by atoms with Gasteiger partial charge in [-0.15, -0.1) is 0 Å². The van der Waals surface area contributed by atoms with Crippen LogP contribution in [0.4, 0.5) is 8.78 Å². The third-order valence-corrected chi connectivity index (χ3v) is 5.18. The maximum Gasteiger partial charge on any atom is 0.237 e. The second-order valence-corrected chi connectivity index (χ2v) is 7.35. The molecule has 0 aliphatic rings. The van der Waals surface area contributed by atoms with E-state index >= 15 is 0 Å². The molecule has 0 aliphatic heterocycles. The van der Waals surface area contributed by atoms with Crippen molar-refractivity contribution in [3.8, 4) is 11.3 Å². The zero-order valence-electron chi connectivity index (χ0n) is 17.2. The second-order valence-electron chi connectivity index (χ2n) is 7.35. The Morgan fingerprint density at radius 1 is 1.17 bits per heavy atom. The van der Waals surface area contributed by atoms with Gasteiger partial charge in [-0.25, -0.2) is 8.78 Å². The van der Waals surface area contributed by atoms with E-state index in [0.717, 1.165) is 36.3 Å². The van der Waals surface area contributed by atoms with E-state index in [-0.39, 0.29) is 30.1 Å². The maximum absolute atomic E-state index is 13.7. The summed E-state index contributed by atoms with van der Waals surface area (Å²) in [6, 6.07) is 14.3. The Hall–Kier alpha value is -3.06. The minimum Gasteiger partial charge on any atom is -0.351 e. The number of rotatable bonds is 9. The lowest BCUT2D eigenvalue weighted by atomic mass is 10.1. The molecule has 3 rings (SSSR count). The van der Waals surface area contributed by atoms with Gasteiger partial charge in [0.2, 0.25) is 5.91 Å². The van der Waals surface area contributed by atoms with Crippen LogP contribution in [0.2, 0.25) is 0 Å². The topological polar surface area (TPSA) is 61.0 Å². The first-order chi connectivity index (χ1) is 14.4. The molecule has 1 heterocycles. The number of benzene rings is 2. The molecule has 1 aromatic heterocycles. The highest BCUT2D eigenvalue weighted by Gasteiger charge is 2.18. The molecule has 0 aliphatic carbocycles. The fourth-order valence-corrected chi connectivity index (χ4v) is 3.14. The number of aryl methyl sites for hydroxylation is 1. The van der Waals surface area contributed by atoms with Crippen molar-refractivity contribution in [2.75, 3.05) is 13.6 Å². The van der Waals surface area contributed by atoms with Gasteiger partial charge in [0.15, 0.2) is 0 Å². The molecule has 2 N–H and O–H groups in total. The Morgan fingerprint density at radius 2 is 1.90 bits per heavy atom. The molecule has 1 unspecified atom stereocenters. The smallest absolute Gasteiger partial charge is 0.237 e. The van der Waals surface area contributed by atoms with Gasteiger partial charge < -0.3 is 5.32 Å². The average Bonchev–Trinajstić information content (AvgIpc) is 3.21.